The highest BCUT2D eigenvalue weighted by atomic mass is 16.2. The van der Waals surface area contributed by atoms with Gasteiger partial charge in [-0.3, -0.25) is 4.79 Å². The Balaban J connectivity index is 1.81. The summed E-state index contributed by atoms with van der Waals surface area (Å²) in [7, 11) is 0. The number of benzene rings is 3. The van der Waals surface area contributed by atoms with Gasteiger partial charge in [0.05, 0.1) is 11.4 Å². The van der Waals surface area contributed by atoms with Gasteiger partial charge in [-0.25, -0.2) is 4.68 Å². The summed E-state index contributed by atoms with van der Waals surface area (Å²) in [5.74, 6) is -0.184. The van der Waals surface area contributed by atoms with Gasteiger partial charge in [0.25, 0.3) is 5.91 Å². The molecule has 4 nitrogen and oxygen atoms in total. The summed E-state index contributed by atoms with van der Waals surface area (Å²) < 4.78 is 1.76. The van der Waals surface area contributed by atoms with Crippen LogP contribution in [-0.4, -0.2) is 15.7 Å². The average Bonchev–Trinajstić information content (AvgIpc) is 3.18. The molecule has 0 aliphatic heterocycles. The average molecular weight is 424 g/mol. The first-order valence-electron chi connectivity index (χ1n) is 10.9. The number of carbonyl (C=O) groups is 1. The molecule has 1 N–H and O–H groups in total. The number of hydrogen-bond donors (Lipinski definition) is 1. The number of aromatic nitrogens is 2. The minimum Gasteiger partial charge on any atom is -0.321 e. The van der Waals surface area contributed by atoms with Gasteiger partial charge in [0, 0.05) is 11.3 Å². The summed E-state index contributed by atoms with van der Waals surface area (Å²) in [5.41, 5.74) is 11.0. The molecule has 162 valence electrons. The van der Waals surface area contributed by atoms with Crippen LogP contribution >= 0.6 is 0 Å². The molecule has 1 heterocycles. The van der Waals surface area contributed by atoms with Crippen LogP contribution in [0.5, 0.6) is 0 Å². The van der Waals surface area contributed by atoms with Crippen LogP contribution in [-0.2, 0) is 0 Å². The van der Waals surface area contributed by atoms with Crippen LogP contribution in [0.3, 0.4) is 0 Å². The minimum atomic E-state index is -0.184. The van der Waals surface area contributed by atoms with Gasteiger partial charge < -0.3 is 5.32 Å². The normalized spacial score (nSPS) is 10.9. The van der Waals surface area contributed by atoms with Crippen LogP contribution in [0.15, 0.2) is 60.7 Å². The number of nitrogens with one attached hydrogen (secondary N) is 1. The number of nitrogens with zero attached hydrogens (tertiary/aromatic N) is 2. The third-order valence-corrected chi connectivity index (χ3v) is 6.09. The van der Waals surface area contributed by atoms with E-state index in [0.29, 0.717) is 5.69 Å². The van der Waals surface area contributed by atoms with Crippen molar-refractivity contribution in [3.05, 3.63) is 99.7 Å². The maximum absolute atomic E-state index is 13.4. The van der Waals surface area contributed by atoms with Gasteiger partial charge in [-0.2, -0.15) is 5.10 Å². The molecule has 0 radical (unpaired) electrons. The molecular formula is C28H29N3O. The molecule has 0 aliphatic rings. The van der Waals surface area contributed by atoms with Crippen molar-refractivity contribution >= 4 is 11.6 Å². The Bertz CT molecular complexity index is 1330. The molecule has 4 heteroatoms. The summed E-state index contributed by atoms with van der Waals surface area (Å²) in [4.78, 5) is 13.4. The summed E-state index contributed by atoms with van der Waals surface area (Å²) in [6.45, 7) is 12.4. The van der Waals surface area contributed by atoms with Crippen LogP contribution in [0.1, 0.15) is 43.9 Å². The van der Waals surface area contributed by atoms with Crippen molar-refractivity contribution in [1.29, 1.82) is 0 Å². The first kappa shape index (κ1) is 21.6. The molecule has 0 aliphatic carbocycles. The fraction of sp³-hybridized carbons (Fsp3) is 0.214. The highest BCUT2D eigenvalue weighted by Crippen LogP contribution is 2.26. The second-order valence-electron chi connectivity index (χ2n) is 8.67. The maximum atomic E-state index is 13.4. The maximum Gasteiger partial charge on any atom is 0.274 e. The molecule has 0 spiro atoms. The lowest BCUT2D eigenvalue weighted by Crippen LogP contribution is -2.17. The van der Waals surface area contributed by atoms with Crippen LogP contribution in [0.2, 0.25) is 0 Å². The number of hydrogen-bond acceptors (Lipinski definition) is 2. The fourth-order valence-electron chi connectivity index (χ4n) is 3.83. The Kier molecular flexibility index (Phi) is 5.70. The lowest BCUT2D eigenvalue weighted by molar-refractivity contribution is 0.101. The molecule has 0 saturated carbocycles. The van der Waals surface area contributed by atoms with E-state index in [1.165, 1.54) is 22.3 Å². The molecule has 0 fully saturated rings. The summed E-state index contributed by atoms with van der Waals surface area (Å²) in [6, 6.07) is 20.3. The standard InChI is InChI=1S/C28H29N3O/c1-17-7-12-26(22(6)13-17)31-27(28(32)29-24-11-9-19(3)21(5)15-24)16-25(30-31)23-10-8-18(2)20(4)14-23/h7-16H,1-6H3,(H,29,32). The number of amides is 1. The van der Waals surface area contributed by atoms with Crippen molar-refractivity contribution in [2.75, 3.05) is 5.32 Å². The Morgan fingerprint density at radius 3 is 2.06 bits per heavy atom. The van der Waals surface area contributed by atoms with Crippen LogP contribution in [0, 0.1) is 41.5 Å². The molecule has 3 aromatic carbocycles. The van der Waals surface area contributed by atoms with Gasteiger partial charge in [-0.1, -0.05) is 35.9 Å². The van der Waals surface area contributed by atoms with Gasteiger partial charge in [0.1, 0.15) is 5.69 Å². The monoisotopic (exact) mass is 423 g/mol. The summed E-state index contributed by atoms with van der Waals surface area (Å²) in [6.07, 6.45) is 0. The summed E-state index contributed by atoms with van der Waals surface area (Å²) in [5, 5.41) is 7.91. The number of rotatable bonds is 4. The SMILES string of the molecule is Cc1ccc(-n2nc(-c3ccc(C)c(C)c3)cc2C(=O)Nc2ccc(C)c(C)c2)c(C)c1. The second-order valence-corrected chi connectivity index (χ2v) is 8.67. The van der Waals surface area contributed by atoms with E-state index < -0.39 is 0 Å². The number of anilines is 1. The fourth-order valence-corrected chi connectivity index (χ4v) is 3.83. The molecule has 1 amide bonds. The molecule has 4 rings (SSSR count). The van der Waals surface area contributed by atoms with Crippen molar-refractivity contribution in [2.45, 2.75) is 41.5 Å². The molecular weight excluding hydrogens is 394 g/mol. The molecule has 0 atom stereocenters. The van der Waals surface area contributed by atoms with Crippen LogP contribution in [0.25, 0.3) is 16.9 Å². The van der Waals surface area contributed by atoms with E-state index in [4.69, 9.17) is 5.10 Å². The molecule has 0 bridgehead atoms. The van der Waals surface area contributed by atoms with E-state index in [9.17, 15) is 4.79 Å². The van der Waals surface area contributed by atoms with E-state index in [0.717, 1.165) is 33.8 Å². The van der Waals surface area contributed by atoms with Crippen molar-refractivity contribution in [1.82, 2.24) is 9.78 Å². The van der Waals surface area contributed by atoms with Gasteiger partial charge >= 0.3 is 0 Å². The third kappa shape index (κ3) is 4.22. The van der Waals surface area contributed by atoms with Gasteiger partial charge in [-0.05, 0) is 99.7 Å². The first-order valence-corrected chi connectivity index (χ1v) is 10.9. The number of carbonyl (C=O) groups excluding carboxylic acids is 1. The predicted molar refractivity (Wildman–Crippen MR) is 132 cm³/mol. The molecule has 0 unspecified atom stereocenters. The van der Waals surface area contributed by atoms with Crippen LogP contribution in [0.4, 0.5) is 5.69 Å². The molecule has 0 saturated heterocycles. The lowest BCUT2D eigenvalue weighted by atomic mass is 10.0. The molecule has 4 aromatic rings. The Hall–Kier alpha value is -3.66. The quantitative estimate of drug-likeness (QED) is 0.400. The zero-order valence-corrected chi connectivity index (χ0v) is 19.6. The lowest BCUT2D eigenvalue weighted by Gasteiger charge is -2.12. The van der Waals surface area contributed by atoms with E-state index in [2.05, 4.69) is 57.3 Å². The zero-order valence-electron chi connectivity index (χ0n) is 19.6. The Morgan fingerprint density at radius 1 is 0.719 bits per heavy atom. The zero-order chi connectivity index (χ0) is 23.0. The van der Waals surface area contributed by atoms with Crippen molar-refractivity contribution in [3.8, 4) is 16.9 Å². The van der Waals surface area contributed by atoms with Gasteiger partial charge in [0.15, 0.2) is 0 Å². The minimum absolute atomic E-state index is 0.184. The predicted octanol–water partition coefficient (Wildman–Crippen LogP) is 6.64. The van der Waals surface area contributed by atoms with E-state index in [1.54, 1.807) is 4.68 Å². The topological polar surface area (TPSA) is 46.9 Å². The van der Waals surface area contributed by atoms with Crippen molar-refractivity contribution in [3.63, 3.8) is 0 Å². The van der Waals surface area contributed by atoms with Crippen LogP contribution < -0.4 is 5.32 Å². The van der Waals surface area contributed by atoms with Gasteiger partial charge in [0.2, 0.25) is 0 Å². The first-order chi connectivity index (χ1) is 15.2. The third-order valence-electron chi connectivity index (χ3n) is 6.09. The Labute approximate surface area is 189 Å². The van der Waals surface area contributed by atoms with Crippen molar-refractivity contribution in [2.24, 2.45) is 0 Å². The smallest absolute Gasteiger partial charge is 0.274 e. The Morgan fingerprint density at radius 2 is 1.41 bits per heavy atom. The molecule has 32 heavy (non-hydrogen) atoms. The van der Waals surface area contributed by atoms with Gasteiger partial charge in [-0.15, -0.1) is 0 Å². The second kappa shape index (κ2) is 8.46. The number of aryl methyl sites for hydroxylation is 6. The molecule has 1 aromatic heterocycles. The summed E-state index contributed by atoms with van der Waals surface area (Å²) >= 11 is 0. The highest BCUT2D eigenvalue weighted by Gasteiger charge is 2.19. The van der Waals surface area contributed by atoms with E-state index >= 15 is 0 Å². The van der Waals surface area contributed by atoms with E-state index in [1.807, 2.05) is 50.2 Å². The van der Waals surface area contributed by atoms with E-state index in [-0.39, 0.29) is 5.91 Å². The highest BCUT2D eigenvalue weighted by molar-refractivity contribution is 6.04. The van der Waals surface area contributed by atoms with Crippen molar-refractivity contribution < 1.29 is 4.79 Å². The largest absolute Gasteiger partial charge is 0.321 e.